The molecule has 0 aliphatic carbocycles. The van der Waals surface area contributed by atoms with Crippen molar-refractivity contribution in [1.82, 2.24) is 19.1 Å². The molecule has 1 aromatic carbocycles. The number of hydrogen-bond donors (Lipinski definition) is 2. The molecule has 0 saturated heterocycles. The Bertz CT molecular complexity index is 1190. The summed E-state index contributed by atoms with van der Waals surface area (Å²) in [6, 6.07) is 5.94. The largest absolute Gasteiger partial charge is 0.329 e. The normalized spacial score (nSPS) is 11.1. The van der Waals surface area contributed by atoms with E-state index in [9.17, 15) is 19.7 Å². The Balaban J connectivity index is 1.99. The van der Waals surface area contributed by atoms with Crippen molar-refractivity contribution >= 4 is 29.0 Å². The summed E-state index contributed by atoms with van der Waals surface area (Å²) >= 11 is 0. The van der Waals surface area contributed by atoms with E-state index >= 15 is 0 Å². The Morgan fingerprint density at radius 3 is 2.93 bits per heavy atom. The van der Waals surface area contributed by atoms with E-state index in [1.165, 1.54) is 34.5 Å². The highest BCUT2D eigenvalue weighted by molar-refractivity contribution is 5.81. The van der Waals surface area contributed by atoms with Crippen molar-refractivity contribution in [3.05, 3.63) is 73.4 Å². The van der Waals surface area contributed by atoms with Gasteiger partial charge in [0.05, 0.1) is 11.1 Å². The lowest BCUT2D eigenvalue weighted by molar-refractivity contribution is -0.384. The molecule has 0 radical (unpaired) electrons. The molecule has 3 aromatic rings. The molecule has 0 unspecified atom stereocenters. The molecule has 0 amide bonds. The lowest BCUT2D eigenvalue weighted by Crippen LogP contribution is -2.29. The fourth-order valence-electron chi connectivity index (χ4n) is 2.51. The van der Waals surface area contributed by atoms with Gasteiger partial charge in [-0.05, 0) is 0 Å². The number of non-ortho nitro benzene ring substituents is 1. The van der Waals surface area contributed by atoms with Gasteiger partial charge in [-0.3, -0.25) is 29.0 Å². The van der Waals surface area contributed by atoms with Gasteiger partial charge < -0.3 is 0 Å². The average Bonchev–Trinajstić information content (AvgIpc) is 2.99. The van der Waals surface area contributed by atoms with Crippen molar-refractivity contribution in [2.24, 2.45) is 12.1 Å². The van der Waals surface area contributed by atoms with Gasteiger partial charge in [0, 0.05) is 31.3 Å². The first-order valence-corrected chi connectivity index (χ1v) is 7.76. The second-order valence-electron chi connectivity index (χ2n) is 5.55. The van der Waals surface area contributed by atoms with E-state index in [0.717, 1.165) is 0 Å². The molecule has 0 aliphatic heterocycles. The Morgan fingerprint density at radius 1 is 1.44 bits per heavy atom. The van der Waals surface area contributed by atoms with E-state index in [0.29, 0.717) is 5.56 Å². The van der Waals surface area contributed by atoms with Crippen molar-refractivity contribution in [1.29, 1.82) is 0 Å². The van der Waals surface area contributed by atoms with Crippen LogP contribution in [0.3, 0.4) is 0 Å². The highest BCUT2D eigenvalue weighted by Crippen LogP contribution is 2.16. The highest BCUT2D eigenvalue weighted by Gasteiger charge is 2.16. The standard InChI is InChI=1S/C16H15N7O4/c1-3-7-22-12-13(21(2)16(25)19-14(12)24)18-15(22)20-17-9-10-5-4-6-11(8-10)23(26)27/h3-6,8-9H,1,7H2,2H3,(H,18,20)(H,19,24,25)/b17-9-. The van der Waals surface area contributed by atoms with Crippen LogP contribution in [0.4, 0.5) is 11.6 Å². The third-order valence-electron chi connectivity index (χ3n) is 3.78. The molecule has 0 fully saturated rings. The number of nitro groups is 1. The van der Waals surface area contributed by atoms with E-state index in [4.69, 9.17) is 0 Å². The van der Waals surface area contributed by atoms with Crippen LogP contribution in [0.25, 0.3) is 11.2 Å². The van der Waals surface area contributed by atoms with Gasteiger partial charge in [0.15, 0.2) is 11.2 Å². The SMILES string of the molecule is C=CCn1c(N/N=C\c2cccc([N+](=O)[O-])c2)nc2c1c(=O)[nH]c(=O)n2C. The fraction of sp³-hybridized carbons (Fsp3) is 0.125. The summed E-state index contributed by atoms with van der Waals surface area (Å²) in [6.45, 7) is 3.90. The number of aryl methyl sites for hydroxylation is 1. The number of H-pyrrole nitrogens is 1. The molecule has 138 valence electrons. The third-order valence-corrected chi connectivity index (χ3v) is 3.78. The number of fused-ring (bicyclic) bond motifs is 1. The number of nitrogens with zero attached hydrogens (tertiary/aromatic N) is 5. The first-order chi connectivity index (χ1) is 12.9. The van der Waals surface area contributed by atoms with E-state index in [1.54, 1.807) is 18.2 Å². The smallest absolute Gasteiger partial charge is 0.299 e. The minimum absolute atomic E-state index is 0.0561. The molecule has 11 heteroatoms. The first-order valence-electron chi connectivity index (χ1n) is 7.76. The maximum absolute atomic E-state index is 12.2. The summed E-state index contributed by atoms with van der Waals surface area (Å²) in [5.41, 5.74) is 2.39. The number of aromatic nitrogens is 4. The molecular formula is C16H15N7O4. The van der Waals surface area contributed by atoms with Crippen LogP contribution in [0.2, 0.25) is 0 Å². The van der Waals surface area contributed by atoms with E-state index in [-0.39, 0.29) is 29.3 Å². The number of aromatic amines is 1. The Kier molecular flexibility index (Phi) is 4.66. The molecule has 3 rings (SSSR count). The van der Waals surface area contributed by atoms with Gasteiger partial charge in [-0.15, -0.1) is 6.58 Å². The number of nitro benzene ring substituents is 1. The number of nitrogens with one attached hydrogen (secondary N) is 2. The number of allylic oxidation sites excluding steroid dienone is 1. The molecule has 0 bridgehead atoms. The summed E-state index contributed by atoms with van der Waals surface area (Å²) in [5, 5.41) is 14.8. The van der Waals surface area contributed by atoms with Crippen LogP contribution >= 0.6 is 0 Å². The molecule has 2 aromatic heterocycles. The van der Waals surface area contributed by atoms with E-state index < -0.39 is 16.2 Å². The topological polar surface area (TPSA) is 140 Å². The number of hydrogen-bond acceptors (Lipinski definition) is 7. The Morgan fingerprint density at radius 2 is 2.22 bits per heavy atom. The molecular weight excluding hydrogens is 354 g/mol. The second kappa shape index (κ2) is 7.07. The number of imidazole rings is 1. The van der Waals surface area contributed by atoms with Crippen molar-refractivity contribution < 1.29 is 4.92 Å². The predicted molar refractivity (Wildman–Crippen MR) is 100 cm³/mol. The van der Waals surface area contributed by atoms with Crippen molar-refractivity contribution in [3.63, 3.8) is 0 Å². The highest BCUT2D eigenvalue weighted by atomic mass is 16.6. The van der Waals surface area contributed by atoms with Crippen LogP contribution in [0.15, 0.2) is 51.6 Å². The summed E-state index contributed by atoms with van der Waals surface area (Å²) in [7, 11) is 1.49. The molecule has 0 aliphatic rings. The minimum Gasteiger partial charge on any atom is -0.299 e. The molecule has 0 spiro atoms. The number of benzene rings is 1. The lowest BCUT2D eigenvalue weighted by Gasteiger charge is -2.04. The zero-order valence-corrected chi connectivity index (χ0v) is 14.2. The zero-order chi connectivity index (χ0) is 19.6. The average molecular weight is 369 g/mol. The van der Waals surface area contributed by atoms with Crippen LogP contribution in [-0.4, -0.2) is 30.2 Å². The van der Waals surface area contributed by atoms with Gasteiger partial charge in [-0.2, -0.15) is 10.1 Å². The molecule has 0 atom stereocenters. The van der Waals surface area contributed by atoms with Gasteiger partial charge in [0.2, 0.25) is 5.95 Å². The maximum atomic E-state index is 12.2. The first kappa shape index (κ1) is 17.8. The van der Waals surface area contributed by atoms with Crippen LogP contribution in [0.1, 0.15) is 5.56 Å². The summed E-state index contributed by atoms with van der Waals surface area (Å²) < 4.78 is 2.73. The van der Waals surface area contributed by atoms with Crippen LogP contribution < -0.4 is 16.7 Å². The van der Waals surface area contributed by atoms with E-state index in [2.05, 4.69) is 27.1 Å². The summed E-state index contributed by atoms with van der Waals surface area (Å²) in [6.07, 6.45) is 2.95. The summed E-state index contributed by atoms with van der Waals surface area (Å²) in [4.78, 5) is 40.7. The molecule has 2 N–H and O–H groups in total. The van der Waals surface area contributed by atoms with Crippen LogP contribution in [0, 0.1) is 10.1 Å². The monoisotopic (exact) mass is 369 g/mol. The maximum Gasteiger partial charge on any atom is 0.329 e. The third kappa shape index (κ3) is 3.38. The van der Waals surface area contributed by atoms with Gasteiger partial charge in [-0.25, -0.2) is 10.2 Å². The quantitative estimate of drug-likeness (QED) is 0.287. The van der Waals surface area contributed by atoms with Crippen LogP contribution in [-0.2, 0) is 13.6 Å². The molecule has 0 saturated carbocycles. The van der Waals surface area contributed by atoms with Crippen molar-refractivity contribution in [2.75, 3.05) is 5.43 Å². The van der Waals surface area contributed by atoms with Gasteiger partial charge in [-0.1, -0.05) is 18.2 Å². The molecule has 2 heterocycles. The van der Waals surface area contributed by atoms with E-state index in [1.807, 2.05) is 0 Å². The number of anilines is 1. The Hall–Kier alpha value is -4.02. The Labute approximate surface area is 151 Å². The zero-order valence-electron chi connectivity index (χ0n) is 14.2. The predicted octanol–water partition coefficient (Wildman–Crippen LogP) is 0.963. The lowest BCUT2D eigenvalue weighted by atomic mass is 10.2. The van der Waals surface area contributed by atoms with Gasteiger partial charge in [0.1, 0.15) is 0 Å². The van der Waals surface area contributed by atoms with Crippen molar-refractivity contribution in [2.45, 2.75) is 6.54 Å². The number of hydrazone groups is 1. The minimum atomic E-state index is -0.581. The summed E-state index contributed by atoms with van der Waals surface area (Å²) in [5.74, 6) is 0.221. The van der Waals surface area contributed by atoms with Gasteiger partial charge >= 0.3 is 5.69 Å². The fourth-order valence-corrected chi connectivity index (χ4v) is 2.51. The van der Waals surface area contributed by atoms with Crippen molar-refractivity contribution in [3.8, 4) is 0 Å². The van der Waals surface area contributed by atoms with Crippen LogP contribution in [0.5, 0.6) is 0 Å². The number of rotatable bonds is 6. The second-order valence-corrected chi connectivity index (χ2v) is 5.55. The molecule has 27 heavy (non-hydrogen) atoms. The van der Waals surface area contributed by atoms with Gasteiger partial charge in [0.25, 0.3) is 11.2 Å². The molecule has 11 nitrogen and oxygen atoms in total.